The predicted octanol–water partition coefficient (Wildman–Crippen LogP) is 3.11. The zero-order valence-electron chi connectivity index (χ0n) is 13.1. The van der Waals surface area contributed by atoms with Gasteiger partial charge in [0, 0.05) is 17.7 Å². The van der Waals surface area contributed by atoms with E-state index in [1.807, 2.05) is 18.4 Å². The van der Waals surface area contributed by atoms with Crippen LogP contribution in [0.1, 0.15) is 38.4 Å². The van der Waals surface area contributed by atoms with Crippen molar-refractivity contribution < 1.29 is 13.6 Å². The molecule has 0 bridgehead atoms. The van der Waals surface area contributed by atoms with Crippen molar-refractivity contribution in [1.29, 1.82) is 0 Å². The highest BCUT2D eigenvalue weighted by molar-refractivity contribution is 7.99. The number of benzene rings is 1. The normalized spacial score (nSPS) is 12.4. The molecule has 1 heterocycles. The standard InChI is InChI=1S/C15H18F2N4OS/c1-9(2)21-8-18-20-15(21)23-7-14(22)19-10(3)12-5-4-11(16)6-13(12)17/h4-6,8-10H,7H2,1-3H3,(H,19,22). The molecule has 1 aromatic heterocycles. The fraction of sp³-hybridized carbons (Fsp3) is 0.400. The molecule has 0 aliphatic carbocycles. The molecule has 124 valence electrons. The van der Waals surface area contributed by atoms with Crippen LogP contribution in [-0.2, 0) is 4.79 Å². The van der Waals surface area contributed by atoms with Crippen LogP contribution < -0.4 is 5.32 Å². The summed E-state index contributed by atoms with van der Waals surface area (Å²) in [5.74, 6) is -1.44. The van der Waals surface area contributed by atoms with E-state index in [9.17, 15) is 13.6 Å². The average molecular weight is 340 g/mol. The molecule has 0 aliphatic rings. The maximum absolute atomic E-state index is 13.7. The molecule has 1 aromatic carbocycles. The molecule has 2 aromatic rings. The quantitative estimate of drug-likeness (QED) is 0.821. The van der Waals surface area contributed by atoms with Gasteiger partial charge in [-0.15, -0.1) is 10.2 Å². The van der Waals surface area contributed by atoms with Gasteiger partial charge < -0.3 is 9.88 Å². The monoisotopic (exact) mass is 340 g/mol. The summed E-state index contributed by atoms with van der Waals surface area (Å²) in [6.07, 6.45) is 1.61. The summed E-state index contributed by atoms with van der Waals surface area (Å²) in [7, 11) is 0. The second-order valence-electron chi connectivity index (χ2n) is 5.36. The van der Waals surface area contributed by atoms with E-state index in [4.69, 9.17) is 0 Å². The first-order valence-corrected chi connectivity index (χ1v) is 8.13. The van der Waals surface area contributed by atoms with Gasteiger partial charge >= 0.3 is 0 Å². The summed E-state index contributed by atoms with van der Waals surface area (Å²) in [6, 6.07) is 2.95. The van der Waals surface area contributed by atoms with Crippen molar-refractivity contribution in [1.82, 2.24) is 20.1 Å². The second kappa shape index (κ2) is 7.54. The molecular formula is C15H18F2N4OS. The Labute approximate surface area is 137 Å². The summed E-state index contributed by atoms with van der Waals surface area (Å²) in [6.45, 7) is 5.63. The summed E-state index contributed by atoms with van der Waals surface area (Å²) in [4.78, 5) is 12.0. The fourth-order valence-electron chi connectivity index (χ4n) is 2.03. The lowest BCUT2D eigenvalue weighted by Gasteiger charge is -2.15. The van der Waals surface area contributed by atoms with Gasteiger partial charge in [-0.1, -0.05) is 17.8 Å². The maximum atomic E-state index is 13.7. The highest BCUT2D eigenvalue weighted by Gasteiger charge is 2.16. The predicted molar refractivity (Wildman–Crippen MR) is 84.0 cm³/mol. The molecule has 1 atom stereocenters. The van der Waals surface area contributed by atoms with Crippen molar-refractivity contribution in [2.45, 2.75) is 38.0 Å². The molecule has 8 heteroatoms. The summed E-state index contributed by atoms with van der Waals surface area (Å²) in [5, 5.41) is 11.1. The molecule has 0 aliphatic heterocycles. The minimum Gasteiger partial charge on any atom is -0.349 e. The van der Waals surface area contributed by atoms with Crippen molar-refractivity contribution in [3.63, 3.8) is 0 Å². The number of nitrogens with one attached hydrogen (secondary N) is 1. The first kappa shape index (κ1) is 17.4. The van der Waals surface area contributed by atoms with Crippen LogP contribution in [0.25, 0.3) is 0 Å². The molecular weight excluding hydrogens is 322 g/mol. The summed E-state index contributed by atoms with van der Waals surface area (Å²) in [5.41, 5.74) is 0.245. The van der Waals surface area contributed by atoms with E-state index < -0.39 is 17.7 Å². The second-order valence-corrected chi connectivity index (χ2v) is 6.30. The van der Waals surface area contributed by atoms with Gasteiger partial charge in [0.05, 0.1) is 11.8 Å². The molecule has 0 saturated carbocycles. The molecule has 0 fully saturated rings. The number of carbonyl (C=O) groups excluding carboxylic acids is 1. The van der Waals surface area contributed by atoms with Crippen LogP contribution in [0.3, 0.4) is 0 Å². The van der Waals surface area contributed by atoms with E-state index in [-0.39, 0.29) is 23.3 Å². The Morgan fingerprint density at radius 2 is 2.09 bits per heavy atom. The van der Waals surface area contributed by atoms with Crippen LogP contribution in [0, 0.1) is 11.6 Å². The number of carbonyl (C=O) groups is 1. The molecule has 23 heavy (non-hydrogen) atoms. The Bertz CT molecular complexity index is 690. The molecule has 1 N–H and O–H groups in total. The van der Waals surface area contributed by atoms with Gasteiger partial charge in [-0.2, -0.15) is 0 Å². The third-order valence-electron chi connectivity index (χ3n) is 3.24. The smallest absolute Gasteiger partial charge is 0.230 e. The number of hydrogen-bond donors (Lipinski definition) is 1. The zero-order valence-corrected chi connectivity index (χ0v) is 13.9. The van der Waals surface area contributed by atoms with Crippen molar-refractivity contribution in [2.75, 3.05) is 5.75 Å². The van der Waals surface area contributed by atoms with Crippen LogP contribution in [0.5, 0.6) is 0 Å². The average Bonchev–Trinajstić information content (AvgIpc) is 2.93. The fourth-order valence-corrected chi connectivity index (χ4v) is 2.89. The highest BCUT2D eigenvalue weighted by atomic mass is 32.2. The lowest BCUT2D eigenvalue weighted by Crippen LogP contribution is -2.28. The van der Waals surface area contributed by atoms with Gasteiger partial charge in [0.1, 0.15) is 18.0 Å². The van der Waals surface area contributed by atoms with Gasteiger partial charge in [-0.25, -0.2) is 8.78 Å². The number of hydrogen-bond acceptors (Lipinski definition) is 4. The van der Waals surface area contributed by atoms with Crippen LogP contribution in [0.2, 0.25) is 0 Å². The van der Waals surface area contributed by atoms with Gasteiger partial charge in [-0.05, 0) is 26.8 Å². The first-order chi connectivity index (χ1) is 10.9. The van der Waals surface area contributed by atoms with Gasteiger partial charge in [0.25, 0.3) is 0 Å². The third-order valence-corrected chi connectivity index (χ3v) is 4.19. The number of halogens is 2. The molecule has 1 unspecified atom stereocenters. The number of amides is 1. The minimum absolute atomic E-state index is 0.137. The van der Waals surface area contributed by atoms with E-state index in [2.05, 4.69) is 15.5 Å². The van der Waals surface area contributed by atoms with Gasteiger partial charge in [-0.3, -0.25) is 4.79 Å². The van der Waals surface area contributed by atoms with Crippen LogP contribution in [0.15, 0.2) is 29.7 Å². The lowest BCUT2D eigenvalue weighted by atomic mass is 10.1. The van der Waals surface area contributed by atoms with Crippen molar-refractivity contribution >= 4 is 17.7 Å². The van der Waals surface area contributed by atoms with E-state index in [1.54, 1.807) is 13.3 Å². The van der Waals surface area contributed by atoms with Crippen molar-refractivity contribution in [3.05, 3.63) is 41.7 Å². The van der Waals surface area contributed by atoms with E-state index >= 15 is 0 Å². The topological polar surface area (TPSA) is 59.8 Å². The van der Waals surface area contributed by atoms with E-state index in [0.717, 1.165) is 6.07 Å². The third kappa shape index (κ3) is 4.51. The minimum atomic E-state index is -0.676. The lowest BCUT2D eigenvalue weighted by molar-refractivity contribution is -0.119. The van der Waals surface area contributed by atoms with E-state index in [1.165, 1.54) is 23.9 Å². The Hall–Kier alpha value is -1.96. The number of rotatable bonds is 6. The molecule has 0 spiro atoms. The Kier molecular flexibility index (Phi) is 5.70. The largest absolute Gasteiger partial charge is 0.349 e. The Balaban J connectivity index is 1.93. The van der Waals surface area contributed by atoms with Gasteiger partial charge in [0.2, 0.25) is 5.91 Å². The zero-order chi connectivity index (χ0) is 17.0. The Morgan fingerprint density at radius 1 is 1.35 bits per heavy atom. The molecule has 0 saturated heterocycles. The van der Waals surface area contributed by atoms with Crippen molar-refractivity contribution in [2.24, 2.45) is 0 Å². The summed E-state index contributed by atoms with van der Waals surface area (Å²) >= 11 is 1.26. The molecule has 1 amide bonds. The maximum Gasteiger partial charge on any atom is 0.230 e. The van der Waals surface area contributed by atoms with Crippen LogP contribution in [0.4, 0.5) is 8.78 Å². The summed E-state index contributed by atoms with van der Waals surface area (Å²) < 4.78 is 28.5. The number of thioether (sulfide) groups is 1. The number of nitrogens with zero attached hydrogens (tertiary/aromatic N) is 3. The first-order valence-electron chi connectivity index (χ1n) is 7.15. The highest BCUT2D eigenvalue weighted by Crippen LogP contribution is 2.20. The molecule has 0 radical (unpaired) electrons. The molecule has 5 nitrogen and oxygen atoms in total. The van der Waals surface area contributed by atoms with Crippen LogP contribution >= 0.6 is 11.8 Å². The Morgan fingerprint density at radius 3 is 2.74 bits per heavy atom. The molecule has 2 rings (SSSR count). The SMILES string of the molecule is CC(NC(=O)CSc1nncn1C(C)C)c1ccc(F)cc1F. The number of aromatic nitrogens is 3. The van der Waals surface area contributed by atoms with Crippen LogP contribution in [-0.4, -0.2) is 26.4 Å². The van der Waals surface area contributed by atoms with Crippen molar-refractivity contribution in [3.8, 4) is 0 Å². The van der Waals surface area contributed by atoms with Gasteiger partial charge in [0.15, 0.2) is 5.16 Å². The van der Waals surface area contributed by atoms with E-state index in [0.29, 0.717) is 5.16 Å².